The van der Waals surface area contributed by atoms with E-state index in [4.69, 9.17) is 29.2 Å². The zero-order valence-corrected chi connectivity index (χ0v) is 18.5. The molecule has 0 amide bonds. The number of rotatable bonds is 10. The summed E-state index contributed by atoms with van der Waals surface area (Å²) in [4.78, 5) is 4.05. The average Bonchev–Trinajstić information content (AvgIpc) is 2.67. The Morgan fingerprint density at radius 3 is 1.41 bits per heavy atom. The van der Waals surface area contributed by atoms with Crippen molar-refractivity contribution in [1.82, 2.24) is 9.80 Å². The highest BCUT2D eigenvalue weighted by Crippen LogP contribution is 2.09. The minimum Gasteiger partial charge on any atom is -0.378 e. The molecule has 0 heterocycles. The number of ether oxygens (including phenoxy) is 1. The maximum Gasteiger partial charge on any atom is 0.133 e. The molecule has 0 saturated carbocycles. The summed E-state index contributed by atoms with van der Waals surface area (Å²) in [6.45, 7) is 4.00. The molecule has 7 heteroatoms. The second-order valence-corrected chi connectivity index (χ2v) is 8.22. The van der Waals surface area contributed by atoms with E-state index in [1.54, 1.807) is 0 Å². The molecule has 0 bridgehead atoms. The van der Waals surface area contributed by atoms with Crippen LogP contribution in [0.1, 0.15) is 11.1 Å². The van der Waals surface area contributed by atoms with Gasteiger partial charge in [-0.05, 0) is 11.1 Å². The largest absolute Gasteiger partial charge is 0.378 e. The summed E-state index contributed by atoms with van der Waals surface area (Å²) in [5.41, 5.74) is 2.40. The van der Waals surface area contributed by atoms with E-state index in [0.717, 1.165) is 13.1 Å². The lowest BCUT2D eigenvalue weighted by molar-refractivity contribution is 0.109. The quantitative estimate of drug-likeness (QED) is 0.324. The van der Waals surface area contributed by atoms with Crippen molar-refractivity contribution in [3.8, 4) is 0 Å². The summed E-state index contributed by atoms with van der Waals surface area (Å²) in [5.74, 6) is 0. The van der Waals surface area contributed by atoms with E-state index < -0.39 is 0 Å². The highest BCUT2D eigenvalue weighted by molar-refractivity contribution is 8.11. The first kappa shape index (κ1) is 22.2. The minimum absolute atomic E-state index is 0.574. The molecular formula is C20H24N2OS4. The van der Waals surface area contributed by atoms with Crippen LogP contribution in [0, 0.1) is 0 Å². The molecule has 3 nitrogen and oxygen atoms in total. The topological polar surface area (TPSA) is 15.7 Å². The molecule has 0 unspecified atom stereocenters. The first-order valence-corrected chi connectivity index (χ1v) is 10.4. The second kappa shape index (κ2) is 12.4. The van der Waals surface area contributed by atoms with Gasteiger partial charge in [0, 0.05) is 26.2 Å². The van der Waals surface area contributed by atoms with Crippen molar-refractivity contribution >= 4 is 58.3 Å². The van der Waals surface area contributed by atoms with E-state index >= 15 is 0 Å². The molecule has 0 radical (unpaired) electrons. The lowest BCUT2D eigenvalue weighted by atomic mass is 10.2. The minimum atomic E-state index is 0.574. The number of hydrogen-bond acceptors (Lipinski definition) is 3. The van der Waals surface area contributed by atoms with Gasteiger partial charge < -0.3 is 14.5 Å². The molecule has 2 aromatic rings. The van der Waals surface area contributed by atoms with Gasteiger partial charge in [0.25, 0.3) is 0 Å². The first-order chi connectivity index (χ1) is 13.1. The van der Waals surface area contributed by atoms with Crippen molar-refractivity contribution in [3.63, 3.8) is 0 Å². The zero-order valence-electron chi connectivity index (χ0n) is 15.0. The van der Waals surface area contributed by atoms with Crippen LogP contribution in [-0.2, 0) is 17.8 Å². The summed E-state index contributed by atoms with van der Waals surface area (Å²) < 4.78 is 6.95. The lowest BCUT2D eigenvalue weighted by Crippen LogP contribution is -2.32. The molecule has 0 aliphatic heterocycles. The Balaban J connectivity index is 1.73. The van der Waals surface area contributed by atoms with Gasteiger partial charge in [0.2, 0.25) is 0 Å². The van der Waals surface area contributed by atoms with E-state index in [2.05, 4.69) is 49.5 Å². The van der Waals surface area contributed by atoms with Crippen LogP contribution < -0.4 is 0 Å². The van der Waals surface area contributed by atoms with Crippen molar-refractivity contribution in [1.29, 1.82) is 0 Å². The van der Waals surface area contributed by atoms with Gasteiger partial charge in [0.05, 0.1) is 13.2 Å². The van der Waals surface area contributed by atoms with Gasteiger partial charge in [0.15, 0.2) is 0 Å². The van der Waals surface area contributed by atoms with Crippen LogP contribution in [0.5, 0.6) is 0 Å². The molecule has 0 saturated heterocycles. The van der Waals surface area contributed by atoms with E-state index in [9.17, 15) is 0 Å². The van der Waals surface area contributed by atoms with Gasteiger partial charge >= 0.3 is 0 Å². The Morgan fingerprint density at radius 1 is 0.704 bits per heavy atom. The van der Waals surface area contributed by atoms with E-state index in [-0.39, 0.29) is 0 Å². The Morgan fingerprint density at radius 2 is 1.07 bits per heavy atom. The van der Waals surface area contributed by atoms with Crippen LogP contribution in [-0.4, -0.2) is 44.7 Å². The predicted molar refractivity (Wildman–Crippen MR) is 128 cm³/mol. The average molecular weight is 437 g/mol. The molecule has 2 aromatic carbocycles. The molecule has 0 spiro atoms. The van der Waals surface area contributed by atoms with Gasteiger partial charge in [-0.15, -0.1) is 25.3 Å². The van der Waals surface area contributed by atoms with Crippen LogP contribution in [0.4, 0.5) is 0 Å². The van der Waals surface area contributed by atoms with Crippen molar-refractivity contribution in [2.75, 3.05) is 26.3 Å². The molecule has 0 atom stereocenters. The predicted octanol–water partition coefficient (Wildman–Crippen LogP) is 4.44. The third-order valence-corrected chi connectivity index (χ3v) is 5.07. The van der Waals surface area contributed by atoms with Crippen LogP contribution in [0.15, 0.2) is 60.7 Å². The van der Waals surface area contributed by atoms with E-state index in [0.29, 0.717) is 34.9 Å². The third kappa shape index (κ3) is 8.62. The van der Waals surface area contributed by atoms with Crippen LogP contribution in [0.3, 0.4) is 0 Å². The summed E-state index contributed by atoms with van der Waals surface area (Å²) in [6.07, 6.45) is 0. The fourth-order valence-electron chi connectivity index (χ4n) is 2.54. The highest BCUT2D eigenvalue weighted by Gasteiger charge is 2.09. The summed E-state index contributed by atoms with van der Waals surface area (Å²) in [7, 11) is 0. The standard InChI is InChI=1S/C20H24N2OS4/c24-19(25)21(15-17-7-3-1-4-8-17)11-13-23-14-12-22(20(26)27)16-18-9-5-2-6-10-18/h1-10H,11-16H2,(H,24,25)(H,26,27). The molecule has 144 valence electrons. The number of thiol groups is 2. The van der Waals surface area contributed by atoms with Crippen LogP contribution >= 0.6 is 49.7 Å². The number of thiocarbonyl (C=S) groups is 2. The molecule has 0 aromatic heterocycles. The summed E-state index contributed by atoms with van der Waals surface area (Å²) in [5, 5.41) is 0. The van der Waals surface area contributed by atoms with Crippen molar-refractivity contribution in [2.45, 2.75) is 13.1 Å². The van der Waals surface area contributed by atoms with Gasteiger partial charge in [0.1, 0.15) is 8.64 Å². The Labute approximate surface area is 183 Å². The maximum absolute atomic E-state index is 5.80. The smallest absolute Gasteiger partial charge is 0.133 e. The Bertz CT molecular complexity index is 651. The fourth-order valence-corrected chi connectivity index (χ4v) is 3.20. The molecule has 0 aliphatic carbocycles. The number of hydrogen-bond donors (Lipinski definition) is 2. The molecule has 0 N–H and O–H groups in total. The highest BCUT2D eigenvalue weighted by atomic mass is 32.1. The second-order valence-electron chi connectivity index (χ2n) is 5.99. The van der Waals surface area contributed by atoms with Gasteiger partial charge in [-0.3, -0.25) is 0 Å². The van der Waals surface area contributed by atoms with Crippen molar-refractivity contribution < 1.29 is 4.74 Å². The van der Waals surface area contributed by atoms with Crippen LogP contribution in [0.25, 0.3) is 0 Å². The molecule has 2 rings (SSSR count). The van der Waals surface area contributed by atoms with E-state index in [1.165, 1.54) is 11.1 Å². The molecular weight excluding hydrogens is 413 g/mol. The van der Waals surface area contributed by atoms with Gasteiger partial charge in [-0.2, -0.15) is 0 Å². The van der Waals surface area contributed by atoms with Crippen molar-refractivity contribution in [2.24, 2.45) is 0 Å². The lowest BCUT2D eigenvalue weighted by Gasteiger charge is -2.24. The maximum atomic E-state index is 5.80. The monoisotopic (exact) mass is 436 g/mol. The summed E-state index contributed by atoms with van der Waals surface area (Å²) in [6, 6.07) is 20.4. The first-order valence-electron chi connectivity index (χ1n) is 8.67. The van der Waals surface area contributed by atoms with Gasteiger partial charge in [-0.1, -0.05) is 85.1 Å². The number of benzene rings is 2. The van der Waals surface area contributed by atoms with E-state index in [1.807, 2.05) is 46.2 Å². The Hall–Kier alpha value is -1.12. The molecule has 27 heavy (non-hydrogen) atoms. The fraction of sp³-hybridized carbons (Fsp3) is 0.300. The number of nitrogens with zero attached hydrogens (tertiary/aromatic N) is 2. The van der Waals surface area contributed by atoms with Crippen molar-refractivity contribution in [3.05, 3.63) is 71.8 Å². The third-order valence-electron chi connectivity index (χ3n) is 3.98. The van der Waals surface area contributed by atoms with Gasteiger partial charge in [-0.25, -0.2) is 0 Å². The SMILES string of the molecule is S=C(S)N(CCOCCN(Cc1ccccc1)C(=S)S)Cc1ccccc1. The molecule has 0 fully saturated rings. The zero-order chi connectivity index (χ0) is 19.5. The normalized spacial score (nSPS) is 10.4. The van der Waals surface area contributed by atoms with Crippen LogP contribution in [0.2, 0.25) is 0 Å². The Kier molecular flexibility index (Phi) is 10.2. The summed E-state index contributed by atoms with van der Waals surface area (Å²) >= 11 is 19.1. The molecule has 0 aliphatic rings.